The summed E-state index contributed by atoms with van der Waals surface area (Å²) in [6, 6.07) is 15.2. The first-order valence-corrected chi connectivity index (χ1v) is 12.5. The molecular weight excluding hydrogens is 489 g/mol. The molecule has 36 heavy (non-hydrogen) atoms. The minimum Gasteiger partial charge on any atom is -0.546 e. The minimum absolute atomic E-state index is 0. The van der Waals surface area contributed by atoms with Gasteiger partial charge < -0.3 is 32.8 Å². The Kier molecular flexibility index (Phi) is 10.1. The molecule has 1 aromatic heterocycles. The molecule has 0 bridgehead atoms. The number of carbonyl (C=O) groups is 1. The molecule has 7 nitrogen and oxygen atoms in total. The zero-order valence-electron chi connectivity index (χ0n) is 21.4. The van der Waals surface area contributed by atoms with Crippen molar-refractivity contribution in [3.8, 4) is 17.2 Å². The number of anilines is 1. The number of rotatable bonds is 11. The molecule has 0 saturated carbocycles. The van der Waals surface area contributed by atoms with Crippen LogP contribution >= 0.6 is 11.9 Å². The molecule has 2 aromatic carbocycles. The Morgan fingerprint density at radius 3 is 2.53 bits per heavy atom. The van der Waals surface area contributed by atoms with E-state index >= 15 is 0 Å². The van der Waals surface area contributed by atoms with E-state index in [9.17, 15) is 9.90 Å². The molecule has 1 atom stereocenters. The summed E-state index contributed by atoms with van der Waals surface area (Å²) in [5.41, 5.74) is 3.07. The number of nitrogens with zero attached hydrogens (tertiary/aromatic N) is 1. The van der Waals surface area contributed by atoms with Crippen molar-refractivity contribution < 1.29 is 58.1 Å². The van der Waals surface area contributed by atoms with Gasteiger partial charge in [-0.25, -0.2) is 0 Å². The Hall–Kier alpha value is -2.26. The van der Waals surface area contributed by atoms with Gasteiger partial charge in [0, 0.05) is 31.0 Å². The number of benzene rings is 2. The van der Waals surface area contributed by atoms with Crippen LogP contribution in [0.3, 0.4) is 0 Å². The molecule has 186 valence electrons. The van der Waals surface area contributed by atoms with Crippen LogP contribution in [0.1, 0.15) is 37.7 Å². The van der Waals surface area contributed by atoms with Crippen LogP contribution in [0.25, 0.3) is 0 Å². The maximum Gasteiger partial charge on any atom is 1.00 e. The van der Waals surface area contributed by atoms with E-state index in [4.69, 9.17) is 18.6 Å². The summed E-state index contributed by atoms with van der Waals surface area (Å²) in [6.45, 7) is 9.55. The minimum atomic E-state index is -1.25. The van der Waals surface area contributed by atoms with Gasteiger partial charge in [0.15, 0.2) is 5.09 Å². The van der Waals surface area contributed by atoms with E-state index in [1.807, 2.05) is 37.3 Å². The predicted octanol–water partition coefficient (Wildman–Crippen LogP) is 1.79. The van der Waals surface area contributed by atoms with Crippen LogP contribution < -0.4 is 53.2 Å². The van der Waals surface area contributed by atoms with Crippen molar-refractivity contribution in [1.29, 1.82) is 0 Å². The quantitative estimate of drug-likeness (QED) is 0.280. The Morgan fingerprint density at radius 2 is 1.89 bits per heavy atom. The van der Waals surface area contributed by atoms with Crippen molar-refractivity contribution in [3.05, 3.63) is 65.4 Å². The zero-order valence-corrected chi connectivity index (χ0v) is 24.2. The Balaban J connectivity index is 0.00000361. The summed E-state index contributed by atoms with van der Waals surface area (Å²) >= 11 is 1.56. The van der Waals surface area contributed by atoms with E-state index in [1.54, 1.807) is 24.1 Å². The largest absolute Gasteiger partial charge is 1.00 e. The predicted molar refractivity (Wildman–Crippen MR) is 133 cm³/mol. The number of carboxylic acids is 1. The number of fused-ring (bicyclic) bond motifs is 1. The summed E-state index contributed by atoms with van der Waals surface area (Å²) in [4.78, 5) is 10.9. The third-order valence-corrected chi connectivity index (χ3v) is 6.41. The van der Waals surface area contributed by atoms with Gasteiger partial charge in [-0.2, -0.15) is 0 Å². The van der Waals surface area contributed by atoms with Gasteiger partial charge in [0.25, 0.3) is 0 Å². The van der Waals surface area contributed by atoms with E-state index in [0.717, 1.165) is 46.6 Å². The molecule has 1 aliphatic rings. The van der Waals surface area contributed by atoms with Gasteiger partial charge in [-0.3, -0.25) is 0 Å². The van der Waals surface area contributed by atoms with Crippen molar-refractivity contribution >= 4 is 23.6 Å². The maximum atomic E-state index is 10.9. The zero-order chi connectivity index (χ0) is 24.9. The molecule has 0 amide bonds. The standard InChI is InChI=1S/C27H31NO6S.Na/c1-17(2)15-28(35-26-10-5-18(3)33-26)23-13-21-11-12-31-24(21)14-25(23)32-16-20-6-8-22(9-7-20)34-19(4)27(29)30;/h5-10,13-14,17,19H,11-12,15-16H2,1-4H3,(H,29,30);/q;+1/p-1. The van der Waals surface area contributed by atoms with Crippen molar-refractivity contribution in [2.24, 2.45) is 5.92 Å². The van der Waals surface area contributed by atoms with Crippen LogP contribution in [0.4, 0.5) is 5.69 Å². The van der Waals surface area contributed by atoms with Crippen LogP contribution in [0.2, 0.25) is 0 Å². The first-order valence-electron chi connectivity index (χ1n) is 11.7. The Morgan fingerprint density at radius 1 is 1.14 bits per heavy atom. The van der Waals surface area contributed by atoms with E-state index < -0.39 is 12.1 Å². The monoisotopic (exact) mass is 519 g/mol. The number of ether oxygens (including phenoxy) is 3. The maximum absolute atomic E-state index is 10.9. The first kappa shape index (κ1) is 28.3. The summed E-state index contributed by atoms with van der Waals surface area (Å²) < 4.78 is 25.5. The fraction of sp³-hybridized carbons (Fsp3) is 0.370. The van der Waals surface area contributed by atoms with Gasteiger partial charge >= 0.3 is 29.6 Å². The van der Waals surface area contributed by atoms with Gasteiger partial charge in [-0.05, 0) is 61.2 Å². The summed E-state index contributed by atoms with van der Waals surface area (Å²) in [5.74, 6) is 2.09. The number of hydrogen-bond acceptors (Lipinski definition) is 8. The molecular formula is C27H30NNaO6S. The fourth-order valence-corrected chi connectivity index (χ4v) is 4.80. The average molecular weight is 520 g/mol. The number of aryl methyl sites for hydroxylation is 1. The van der Waals surface area contributed by atoms with Crippen molar-refractivity contribution in [1.82, 2.24) is 0 Å². The van der Waals surface area contributed by atoms with E-state index in [-0.39, 0.29) is 29.6 Å². The van der Waals surface area contributed by atoms with Crippen LogP contribution in [-0.4, -0.2) is 25.2 Å². The van der Waals surface area contributed by atoms with Gasteiger partial charge in [-0.1, -0.05) is 26.0 Å². The van der Waals surface area contributed by atoms with Crippen molar-refractivity contribution in [2.45, 2.75) is 51.9 Å². The molecule has 0 saturated heterocycles. The molecule has 0 N–H and O–H groups in total. The molecule has 9 heteroatoms. The average Bonchev–Trinajstić information content (AvgIpc) is 3.45. The molecule has 0 fully saturated rings. The van der Waals surface area contributed by atoms with Crippen LogP contribution in [0, 0.1) is 12.8 Å². The van der Waals surface area contributed by atoms with Gasteiger partial charge in [0.2, 0.25) is 0 Å². The molecule has 1 aliphatic heterocycles. The van der Waals surface area contributed by atoms with Crippen molar-refractivity contribution in [3.63, 3.8) is 0 Å². The number of furan rings is 1. The summed E-state index contributed by atoms with van der Waals surface area (Å²) in [6.07, 6.45) is -0.150. The van der Waals surface area contributed by atoms with Gasteiger partial charge in [-0.15, -0.1) is 0 Å². The first-order chi connectivity index (χ1) is 16.8. The van der Waals surface area contributed by atoms with Gasteiger partial charge in [0.05, 0.1) is 18.3 Å². The third-order valence-electron chi connectivity index (χ3n) is 5.45. The van der Waals surface area contributed by atoms with E-state index in [2.05, 4.69) is 24.2 Å². The molecule has 0 aliphatic carbocycles. The summed E-state index contributed by atoms with van der Waals surface area (Å²) in [7, 11) is 0. The van der Waals surface area contributed by atoms with Crippen LogP contribution in [0.5, 0.6) is 17.2 Å². The normalized spacial score (nSPS) is 12.9. The Bertz CT molecular complexity index is 1160. The molecule has 4 rings (SSSR count). The van der Waals surface area contributed by atoms with Crippen LogP contribution in [-0.2, 0) is 17.8 Å². The summed E-state index contributed by atoms with van der Waals surface area (Å²) in [5, 5.41) is 11.7. The fourth-order valence-electron chi connectivity index (χ4n) is 3.67. The van der Waals surface area contributed by atoms with Gasteiger partial charge in [0.1, 0.15) is 35.7 Å². The Labute approximate surface area is 238 Å². The van der Waals surface area contributed by atoms with E-state index in [1.165, 1.54) is 12.5 Å². The third kappa shape index (κ3) is 7.38. The SMILES string of the molecule is Cc1ccc(SN(CC(C)C)c2cc3c(cc2OCc2ccc(OC(C)C(=O)[O-])cc2)OCC3)o1.[Na+]. The molecule has 0 spiro atoms. The van der Waals surface area contributed by atoms with Crippen LogP contribution in [0.15, 0.2) is 58.0 Å². The van der Waals surface area contributed by atoms with Crippen molar-refractivity contribution in [2.75, 3.05) is 17.5 Å². The topological polar surface area (TPSA) is 84.2 Å². The number of carbonyl (C=O) groups excluding carboxylic acids is 1. The second-order valence-corrected chi connectivity index (χ2v) is 9.97. The smallest absolute Gasteiger partial charge is 0.546 e. The molecule has 3 aromatic rings. The van der Waals surface area contributed by atoms with E-state index in [0.29, 0.717) is 24.9 Å². The number of aliphatic carboxylic acids is 1. The number of carboxylic acid groups (broad SMARTS) is 1. The second kappa shape index (κ2) is 12.8. The molecule has 2 heterocycles. The molecule has 0 radical (unpaired) electrons. The second-order valence-electron chi connectivity index (χ2n) is 8.95. The number of hydrogen-bond donors (Lipinski definition) is 0. The molecule has 1 unspecified atom stereocenters.